The number of amides is 1. The first-order valence-electron chi connectivity index (χ1n) is 7.02. The molecule has 21 heavy (non-hydrogen) atoms. The van der Waals surface area contributed by atoms with E-state index in [4.69, 9.17) is 4.42 Å². The molecule has 5 nitrogen and oxygen atoms in total. The molecule has 6 heteroatoms. The van der Waals surface area contributed by atoms with Crippen molar-refractivity contribution in [2.75, 3.05) is 0 Å². The molecule has 2 heterocycles. The number of nitrogens with zero attached hydrogens (tertiary/aromatic N) is 1. The first-order valence-corrected chi connectivity index (χ1v) is 7.90. The maximum atomic E-state index is 11.9. The molecule has 2 rings (SSSR count). The van der Waals surface area contributed by atoms with Crippen LogP contribution in [0.25, 0.3) is 0 Å². The second kappa shape index (κ2) is 7.38. The number of aliphatic hydroxyl groups is 1. The fourth-order valence-electron chi connectivity index (χ4n) is 2.07. The zero-order chi connectivity index (χ0) is 15.2. The van der Waals surface area contributed by atoms with Gasteiger partial charge < -0.3 is 14.8 Å². The van der Waals surface area contributed by atoms with Gasteiger partial charge in [-0.25, -0.2) is 4.98 Å². The quantitative estimate of drug-likeness (QED) is 0.824. The predicted octanol–water partition coefficient (Wildman–Crippen LogP) is 2.47. The van der Waals surface area contributed by atoms with Gasteiger partial charge >= 0.3 is 0 Å². The normalized spacial score (nSPS) is 13.9. The Hall–Kier alpha value is -1.66. The predicted molar refractivity (Wildman–Crippen MR) is 81.1 cm³/mol. The van der Waals surface area contributed by atoms with E-state index in [1.54, 1.807) is 23.5 Å². The van der Waals surface area contributed by atoms with Gasteiger partial charge in [-0.1, -0.05) is 6.92 Å². The van der Waals surface area contributed by atoms with Crippen LogP contribution in [0, 0.1) is 0 Å². The van der Waals surface area contributed by atoms with E-state index in [1.807, 2.05) is 19.2 Å². The summed E-state index contributed by atoms with van der Waals surface area (Å²) in [4.78, 5) is 16.3. The van der Waals surface area contributed by atoms with E-state index in [2.05, 4.69) is 10.3 Å². The van der Waals surface area contributed by atoms with E-state index in [0.717, 1.165) is 17.1 Å². The fourth-order valence-corrected chi connectivity index (χ4v) is 2.82. The van der Waals surface area contributed by atoms with Crippen molar-refractivity contribution in [2.45, 2.75) is 45.3 Å². The summed E-state index contributed by atoms with van der Waals surface area (Å²) in [5.74, 6) is 0.435. The van der Waals surface area contributed by atoms with Crippen molar-refractivity contribution < 1.29 is 14.3 Å². The lowest BCUT2D eigenvalue weighted by atomic mass is 10.1. The van der Waals surface area contributed by atoms with Crippen LogP contribution in [0.3, 0.4) is 0 Å². The zero-order valence-corrected chi connectivity index (χ0v) is 13.0. The Morgan fingerprint density at radius 1 is 1.57 bits per heavy atom. The van der Waals surface area contributed by atoms with Gasteiger partial charge in [-0.15, -0.1) is 11.3 Å². The minimum atomic E-state index is -0.707. The molecule has 0 aromatic carbocycles. The van der Waals surface area contributed by atoms with Crippen molar-refractivity contribution in [1.29, 1.82) is 0 Å². The minimum absolute atomic E-state index is 0.0814. The van der Waals surface area contributed by atoms with Crippen LogP contribution < -0.4 is 5.32 Å². The van der Waals surface area contributed by atoms with Crippen LogP contribution in [0.4, 0.5) is 0 Å². The van der Waals surface area contributed by atoms with E-state index in [9.17, 15) is 9.90 Å². The minimum Gasteiger partial charge on any atom is -0.467 e. The van der Waals surface area contributed by atoms with E-state index in [-0.39, 0.29) is 18.4 Å². The van der Waals surface area contributed by atoms with Crippen molar-refractivity contribution in [3.63, 3.8) is 0 Å². The molecule has 0 spiro atoms. The summed E-state index contributed by atoms with van der Waals surface area (Å²) in [6, 6.07) is 3.32. The van der Waals surface area contributed by atoms with Crippen molar-refractivity contribution in [3.05, 3.63) is 40.2 Å². The van der Waals surface area contributed by atoms with Gasteiger partial charge in [0.15, 0.2) is 0 Å². The van der Waals surface area contributed by atoms with E-state index in [0.29, 0.717) is 12.2 Å². The van der Waals surface area contributed by atoms with Crippen LogP contribution in [0.1, 0.15) is 42.8 Å². The molecule has 0 aliphatic heterocycles. The number of carbonyl (C=O) groups is 1. The SMILES string of the molecule is CCc1nc(CC(=O)NC(C)CC(O)c2ccco2)cs1. The zero-order valence-electron chi connectivity index (χ0n) is 12.2. The van der Waals surface area contributed by atoms with Crippen molar-refractivity contribution >= 4 is 17.2 Å². The Morgan fingerprint density at radius 3 is 3.00 bits per heavy atom. The molecule has 0 bridgehead atoms. The Kier molecular flexibility index (Phi) is 5.52. The molecule has 0 saturated carbocycles. The van der Waals surface area contributed by atoms with Crippen LogP contribution in [0.15, 0.2) is 28.2 Å². The number of aryl methyl sites for hydroxylation is 1. The number of hydrogen-bond acceptors (Lipinski definition) is 5. The molecule has 114 valence electrons. The van der Waals surface area contributed by atoms with Gasteiger partial charge in [-0.3, -0.25) is 4.79 Å². The Bertz CT molecular complexity index is 565. The average Bonchev–Trinajstić information content (AvgIpc) is 3.08. The molecule has 2 aromatic heterocycles. The molecule has 0 fully saturated rings. The first kappa shape index (κ1) is 15.7. The monoisotopic (exact) mass is 308 g/mol. The van der Waals surface area contributed by atoms with Crippen LogP contribution in [0.5, 0.6) is 0 Å². The van der Waals surface area contributed by atoms with Crippen molar-refractivity contribution in [3.8, 4) is 0 Å². The number of aromatic nitrogens is 1. The van der Waals surface area contributed by atoms with Crippen molar-refractivity contribution in [1.82, 2.24) is 10.3 Å². The molecule has 0 saturated heterocycles. The largest absolute Gasteiger partial charge is 0.467 e. The van der Waals surface area contributed by atoms with Gasteiger partial charge in [0, 0.05) is 17.8 Å². The third kappa shape index (κ3) is 4.68. The maximum absolute atomic E-state index is 11.9. The number of aliphatic hydroxyl groups excluding tert-OH is 1. The Morgan fingerprint density at radius 2 is 2.38 bits per heavy atom. The van der Waals surface area contributed by atoms with Crippen LogP contribution in [-0.2, 0) is 17.6 Å². The molecule has 2 unspecified atom stereocenters. The first-order chi connectivity index (χ1) is 10.1. The van der Waals surface area contributed by atoms with Gasteiger partial charge in [-0.05, 0) is 25.5 Å². The van der Waals surface area contributed by atoms with Gasteiger partial charge in [0.25, 0.3) is 0 Å². The summed E-state index contributed by atoms with van der Waals surface area (Å²) < 4.78 is 5.14. The maximum Gasteiger partial charge on any atom is 0.226 e. The number of hydrogen-bond donors (Lipinski definition) is 2. The highest BCUT2D eigenvalue weighted by atomic mass is 32.1. The molecule has 2 aromatic rings. The number of nitrogens with one attached hydrogen (secondary N) is 1. The van der Waals surface area contributed by atoms with Gasteiger partial charge in [0.05, 0.1) is 23.4 Å². The summed E-state index contributed by atoms with van der Waals surface area (Å²) in [6.07, 6.45) is 2.39. The number of thiazole rings is 1. The average molecular weight is 308 g/mol. The van der Waals surface area contributed by atoms with E-state index in [1.165, 1.54) is 6.26 Å². The summed E-state index contributed by atoms with van der Waals surface area (Å²) in [5, 5.41) is 15.8. The Balaban J connectivity index is 1.79. The number of rotatable bonds is 7. The number of furan rings is 1. The van der Waals surface area contributed by atoms with Crippen molar-refractivity contribution in [2.24, 2.45) is 0 Å². The summed E-state index contributed by atoms with van der Waals surface area (Å²) in [6.45, 7) is 3.91. The van der Waals surface area contributed by atoms with E-state index >= 15 is 0 Å². The molecule has 2 atom stereocenters. The number of carbonyl (C=O) groups excluding carboxylic acids is 1. The lowest BCUT2D eigenvalue weighted by molar-refractivity contribution is -0.121. The fraction of sp³-hybridized carbons (Fsp3) is 0.467. The second-order valence-corrected chi connectivity index (χ2v) is 5.94. The molecular formula is C15H20N2O3S. The topological polar surface area (TPSA) is 75.4 Å². The molecule has 0 radical (unpaired) electrons. The highest BCUT2D eigenvalue weighted by Gasteiger charge is 2.17. The van der Waals surface area contributed by atoms with Gasteiger partial charge in [0.2, 0.25) is 5.91 Å². The summed E-state index contributed by atoms with van der Waals surface area (Å²) >= 11 is 1.58. The summed E-state index contributed by atoms with van der Waals surface area (Å²) in [7, 11) is 0. The Labute approximate surface area is 128 Å². The molecule has 0 aliphatic carbocycles. The van der Waals surface area contributed by atoms with Crippen LogP contribution >= 0.6 is 11.3 Å². The molecule has 1 amide bonds. The molecule has 0 aliphatic rings. The molecule has 2 N–H and O–H groups in total. The van der Waals surface area contributed by atoms with Crippen LogP contribution in [-0.4, -0.2) is 22.0 Å². The highest BCUT2D eigenvalue weighted by molar-refractivity contribution is 7.09. The second-order valence-electron chi connectivity index (χ2n) is 5.00. The highest BCUT2D eigenvalue weighted by Crippen LogP contribution is 2.18. The standard InChI is InChI=1S/C15H20N2O3S/c1-3-15-17-11(9-21-15)8-14(19)16-10(2)7-12(18)13-5-4-6-20-13/h4-6,9-10,12,18H,3,7-8H2,1-2H3,(H,16,19). The third-order valence-electron chi connectivity index (χ3n) is 3.10. The summed E-state index contributed by atoms with van der Waals surface area (Å²) in [5.41, 5.74) is 0.799. The third-order valence-corrected chi connectivity index (χ3v) is 4.14. The lowest BCUT2D eigenvalue weighted by Crippen LogP contribution is -2.34. The van der Waals surface area contributed by atoms with E-state index < -0.39 is 6.10 Å². The van der Waals surface area contributed by atoms with Gasteiger partial charge in [0.1, 0.15) is 11.9 Å². The van der Waals surface area contributed by atoms with Crippen LogP contribution in [0.2, 0.25) is 0 Å². The molecular weight excluding hydrogens is 288 g/mol. The lowest BCUT2D eigenvalue weighted by Gasteiger charge is -2.16. The van der Waals surface area contributed by atoms with Gasteiger partial charge in [-0.2, -0.15) is 0 Å². The smallest absolute Gasteiger partial charge is 0.226 e.